The summed E-state index contributed by atoms with van der Waals surface area (Å²) in [6.07, 6.45) is 1.92. The Kier molecular flexibility index (Phi) is 10.2. The molecular formula is C29H41F4N5O2S2. The number of thioether (sulfide) groups is 1. The van der Waals surface area contributed by atoms with Crippen molar-refractivity contribution < 1.29 is 26.0 Å². The Bertz CT molecular complexity index is 1320. The Balaban J connectivity index is 1.40. The number of likely N-dealkylation sites (tertiary alicyclic amines) is 2. The van der Waals surface area contributed by atoms with Gasteiger partial charge in [-0.25, -0.2) is 12.8 Å². The molecule has 0 bridgehead atoms. The van der Waals surface area contributed by atoms with E-state index in [1.807, 2.05) is 4.68 Å². The second-order valence-corrected chi connectivity index (χ2v) is 14.8. The lowest BCUT2D eigenvalue weighted by atomic mass is 10.0. The van der Waals surface area contributed by atoms with Crippen molar-refractivity contribution in [3.63, 3.8) is 0 Å². The van der Waals surface area contributed by atoms with Crippen molar-refractivity contribution in [2.24, 2.45) is 0 Å². The monoisotopic (exact) mass is 631 g/mol. The Morgan fingerprint density at radius 2 is 1.69 bits per heavy atom. The number of sulfonamides is 1. The van der Waals surface area contributed by atoms with E-state index in [-0.39, 0.29) is 11.4 Å². The number of piperidine rings is 2. The fourth-order valence-corrected chi connectivity index (χ4v) is 8.13. The maximum Gasteiger partial charge on any atom is 0.417 e. The summed E-state index contributed by atoms with van der Waals surface area (Å²) in [4.78, 5) is 4.69. The highest BCUT2D eigenvalue weighted by Crippen LogP contribution is 2.40. The van der Waals surface area contributed by atoms with Crippen molar-refractivity contribution >= 4 is 21.8 Å². The van der Waals surface area contributed by atoms with Gasteiger partial charge in [-0.05, 0) is 63.9 Å². The Hall–Kier alpha value is -1.67. The number of rotatable bonds is 10. The van der Waals surface area contributed by atoms with Gasteiger partial charge >= 0.3 is 6.18 Å². The highest BCUT2D eigenvalue weighted by atomic mass is 32.2. The molecule has 2 aromatic rings. The summed E-state index contributed by atoms with van der Waals surface area (Å²) < 4.78 is 83.7. The van der Waals surface area contributed by atoms with Crippen LogP contribution in [-0.2, 0) is 35.7 Å². The van der Waals surface area contributed by atoms with E-state index in [1.165, 1.54) is 35.9 Å². The average Bonchev–Trinajstić information content (AvgIpc) is 3.31. The van der Waals surface area contributed by atoms with Crippen LogP contribution in [0.25, 0.3) is 11.3 Å². The van der Waals surface area contributed by atoms with Crippen molar-refractivity contribution in [2.45, 2.75) is 75.3 Å². The van der Waals surface area contributed by atoms with Gasteiger partial charge in [0.1, 0.15) is 6.17 Å². The zero-order valence-electron chi connectivity index (χ0n) is 24.2. The molecule has 13 heteroatoms. The summed E-state index contributed by atoms with van der Waals surface area (Å²) in [5.74, 6) is 0.453. The van der Waals surface area contributed by atoms with Crippen LogP contribution >= 0.6 is 11.8 Å². The molecular weight excluding hydrogens is 590 g/mol. The predicted octanol–water partition coefficient (Wildman–Crippen LogP) is 5.29. The van der Waals surface area contributed by atoms with Crippen LogP contribution in [-0.4, -0.2) is 96.3 Å². The van der Waals surface area contributed by atoms with Gasteiger partial charge in [-0.2, -0.15) is 22.6 Å². The van der Waals surface area contributed by atoms with Crippen LogP contribution in [0.2, 0.25) is 0 Å². The molecule has 0 spiro atoms. The van der Waals surface area contributed by atoms with Crippen LogP contribution in [0.4, 0.5) is 17.6 Å². The van der Waals surface area contributed by atoms with Crippen molar-refractivity contribution in [1.82, 2.24) is 23.9 Å². The molecule has 7 nitrogen and oxygen atoms in total. The Labute approximate surface area is 250 Å². The molecule has 0 N–H and O–H groups in total. The number of halogens is 4. The first kappa shape index (κ1) is 31.7. The van der Waals surface area contributed by atoms with E-state index in [4.69, 9.17) is 5.10 Å². The van der Waals surface area contributed by atoms with Crippen LogP contribution < -0.4 is 0 Å². The minimum atomic E-state index is -4.51. The number of hydrogen-bond donors (Lipinski definition) is 0. The maximum absolute atomic E-state index is 14.0. The van der Waals surface area contributed by atoms with Gasteiger partial charge in [0.05, 0.1) is 17.5 Å². The average molecular weight is 632 g/mol. The van der Waals surface area contributed by atoms with E-state index in [9.17, 15) is 26.0 Å². The van der Waals surface area contributed by atoms with E-state index >= 15 is 0 Å². The topological polar surface area (TPSA) is 61.7 Å². The second kappa shape index (κ2) is 13.5. The predicted molar refractivity (Wildman–Crippen MR) is 158 cm³/mol. The summed E-state index contributed by atoms with van der Waals surface area (Å²) in [5.41, 5.74) is 2.16. The molecule has 3 aliphatic heterocycles. The minimum absolute atomic E-state index is 0.129. The first-order valence-corrected chi connectivity index (χ1v) is 17.8. The summed E-state index contributed by atoms with van der Waals surface area (Å²) in [7, 11) is -3.44. The Morgan fingerprint density at radius 1 is 0.976 bits per heavy atom. The number of hydrogen-bond acceptors (Lipinski definition) is 6. The summed E-state index contributed by atoms with van der Waals surface area (Å²) in [6, 6.07) is 4.13. The molecule has 0 atom stereocenters. The third kappa shape index (κ3) is 7.88. The normalized spacial score (nSPS) is 20.2. The van der Waals surface area contributed by atoms with Gasteiger partial charge in [-0.1, -0.05) is 12.5 Å². The minimum Gasteiger partial charge on any atom is -0.303 e. The van der Waals surface area contributed by atoms with Gasteiger partial charge in [0.25, 0.3) is 0 Å². The summed E-state index contributed by atoms with van der Waals surface area (Å²) >= 11 is 1.15. The summed E-state index contributed by atoms with van der Waals surface area (Å²) in [5, 5.41) is 4.90. The fraction of sp³-hybridized carbons (Fsp3) is 0.690. The van der Waals surface area contributed by atoms with E-state index < -0.39 is 27.9 Å². The summed E-state index contributed by atoms with van der Waals surface area (Å²) in [6.45, 7) is 6.18. The van der Waals surface area contributed by atoms with Crippen molar-refractivity contribution in [3.05, 3.63) is 35.0 Å². The number of fused-ring (bicyclic) bond motifs is 1. The molecule has 5 rings (SSSR count). The zero-order valence-corrected chi connectivity index (χ0v) is 25.8. The first-order chi connectivity index (χ1) is 20.0. The van der Waals surface area contributed by atoms with Crippen molar-refractivity contribution in [2.75, 3.05) is 57.8 Å². The van der Waals surface area contributed by atoms with E-state index in [0.717, 1.165) is 55.1 Å². The molecule has 0 amide bonds. The smallest absolute Gasteiger partial charge is 0.303 e. The quantitative estimate of drug-likeness (QED) is 0.263. The molecule has 3 aliphatic rings. The SMILES string of the molecule is CS(=O)(=O)N1CCc2c(c(-c3ccc(C(F)(F)F)c(SCCN4CCC(F)CC4)c3)nn2CCCN2CCCCC2)C1. The van der Waals surface area contributed by atoms with Gasteiger partial charge in [0.2, 0.25) is 10.0 Å². The van der Waals surface area contributed by atoms with Crippen LogP contribution in [0, 0.1) is 0 Å². The van der Waals surface area contributed by atoms with Crippen LogP contribution in [0.1, 0.15) is 55.3 Å². The highest BCUT2D eigenvalue weighted by molar-refractivity contribution is 7.99. The molecule has 0 saturated carbocycles. The zero-order chi connectivity index (χ0) is 29.9. The molecule has 234 valence electrons. The largest absolute Gasteiger partial charge is 0.417 e. The molecule has 0 aliphatic carbocycles. The molecule has 2 saturated heterocycles. The van der Waals surface area contributed by atoms with Gasteiger partial charge in [0, 0.05) is 73.2 Å². The lowest BCUT2D eigenvalue weighted by Crippen LogP contribution is -2.35. The van der Waals surface area contributed by atoms with Crippen molar-refractivity contribution in [1.29, 1.82) is 0 Å². The number of alkyl halides is 4. The molecule has 0 radical (unpaired) electrons. The number of aromatic nitrogens is 2. The molecule has 0 unspecified atom stereocenters. The third-order valence-corrected chi connectivity index (χ3v) is 10.9. The number of benzene rings is 1. The number of aryl methyl sites for hydroxylation is 1. The molecule has 1 aromatic heterocycles. The molecule has 1 aromatic carbocycles. The van der Waals surface area contributed by atoms with Gasteiger partial charge < -0.3 is 9.80 Å². The second-order valence-electron chi connectivity index (χ2n) is 11.7. The fourth-order valence-electron chi connectivity index (χ4n) is 6.23. The third-order valence-electron chi connectivity index (χ3n) is 8.60. The van der Waals surface area contributed by atoms with Gasteiger partial charge in [-0.15, -0.1) is 11.8 Å². The van der Waals surface area contributed by atoms with Crippen LogP contribution in [0.15, 0.2) is 23.1 Å². The van der Waals surface area contributed by atoms with Gasteiger partial charge in [-0.3, -0.25) is 4.68 Å². The van der Waals surface area contributed by atoms with E-state index in [1.54, 1.807) is 6.07 Å². The first-order valence-electron chi connectivity index (χ1n) is 15.0. The van der Waals surface area contributed by atoms with Crippen molar-refractivity contribution in [3.8, 4) is 11.3 Å². The number of nitrogens with zero attached hydrogens (tertiary/aromatic N) is 5. The lowest BCUT2D eigenvalue weighted by Gasteiger charge is -2.28. The van der Waals surface area contributed by atoms with Crippen LogP contribution in [0.5, 0.6) is 0 Å². The molecule has 42 heavy (non-hydrogen) atoms. The lowest BCUT2D eigenvalue weighted by molar-refractivity contribution is -0.139. The Morgan fingerprint density at radius 3 is 2.38 bits per heavy atom. The molecule has 2 fully saturated rings. The van der Waals surface area contributed by atoms with Gasteiger partial charge in [0.15, 0.2) is 0 Å². The van der Waals surface area contributed by atoms with E-state index in [0.29, 0.717) is 69.0 Å². The molecule has 4 heterocycles. The standard InChI is InChI=1S/C29H41F4N5O2S2/c1-42(39,40)37-17-10-26-24(21-37)28(34-38(26)14-5-13-35-11-3-2-4-12-35)22-6-7-25(29(31,32)33)27(20-22)41-19-18-36-15-8-23(30)9-16-36/h6-7,20,23H,2-5,8-19,21H2,1H3. The van der Waals surface area contributed by atoms with E-state index in [2.05, 4.69) is 9.80 Å². The highest BCUT2D eigenvalue weighted by Gasteiger charge is 2.35. The maximum atomic E-state index is 14.0. The van der Waals surface area contributed by atoms with Crippen LogP contribution in [0.3, 0.4) is 0 Å².